The molecule has 7 nitrogen and oxygen atoms in total. The standard InChI is InChI=1S/C18H36O4.C18H36O3/c1-2-3-4-5-7-10-13-16(19)17(20)14-11-8-6-9-12-15-18(21)22;19-17-15-13-11-9-7-5-3-1-2-4-6-8-10-12-14-16-18(20)21/h16-17,19-20H,2-15H2,1H3,(H,21,22);19H,1-17H2,(H,20,21). The number of rotatable bonds is 33. The third-order valence-electron chi connectivity index (χ3n) is 8.24. The fraction of sp³-hybridized carbons (Fsp3) is 0.944. The summed E-state index contributed by atoms with van der Waals surface area (Å²) >= 11 is 0. The van der Waals surface area contributed by atoms with Gasteiger partial charge in [-0.25, -0.2) is 0 Å². The number of aliphatic carboxylic acids is 2. The van der Waals surface area contributed by atoms with E-state index in [1.54, 1.807) is 0 Å². The Morgan fingerprint density at radius 1 is 0.419 bits per heavy atom. The zero-order valence-electron chi connectivity index (χ0n) is 28.1. The average Bonchev–Trinajstić information content (AvgIpc) is 2.98. The number of carboxylic acid groups (broad SMARTS) is 2. The van der Waals surface area contributed by atoms with Crippen LogP contribution in [0.3, 0.4) is 0 Å². The van der Waals surface area contributed by atoms with Crippen LogP contribution >= 0.6 is 0 Å². The van der Waals surface area contributed by atoms with Gasteiger partial charge in [0.1, 0.15) is 0 Å². The summed E-state index contributed by atoms with van der Waals surface area (Å²) in [6, 6.07) is 0. The van der Waals surface area contributed by atoms with Gasteiger partial charge in [0, 0.05) is 19.4 Å². The lowest BCUT2D eigenvalue weighted by Gasteiger charge is -2.17. The summed E-state index contributed by atoms with van der Waals surface area (Å²) in [5, 5.41) is 45.5. The largest absolute Gasteiger partial charge is 0.481 e. The normalized spacial score (nSPS) is 12.5. The van der Waals surface area contributed by atoms with Crippen molar-refractivity contribution in [3.63, 3.8) is 0 Å². The highest BCUT2D eigenvalue weighted by molar-refractivity contribution is 5.66. The Labute approximate surface area is 265 Å². The Morgan fingerprint density at radius 2 is 0.674 bits per heavy atom. The van der Waals surface area contributed by atoms with Gasteiger partial charge in [0.2, 0.25) is 0 Å². The maximum Gasteiger partial charge on any atom is 0.303 e. The molecule has 0 aliphatic rings. The van der Waals surface area contributed by atoms with Crippen LogP contribution in [0.1, 0.15) is 200 Å². The van der Waals surface area contributed by atoms with E-state index in [0.29, 0.717) is 25.9 Å². The molecule has 0 amide bonds. The summed E-state index contributed by atoms with van der Waals surface area (Å²) in [7, 11) is 0. The van der Waals surface area contributed by atoms with Crippen LogP contribution in [-0.4, -0.2) is 56.3 Å². The highest BCUT2D eigenvalue weighted by atomic mass is 16.4. The lowest BCUT2D eigenvalue weighted by atomic mass is 9.99. The first-order chi connectivity index (χ1) is 20.8. The SMILES string of the molecule is CCCCCCCCC(O)C(O)CCCCCCCC(=O)O.O=C(O)CCCCCCCCCCCCCCCCCO. The van der Waals surface area contributed by atoms with Gasteiger partial charge < -0.3 is 25.5 Å². The van der Waals surface area contributed by atoms with E-state index in [9.17, 15) is 19.8 Å². The molecule has 2 unspecified atom stereocenters. The number of aliphatic hydroxyl groups is 3. The minimum atomic E-state index is -0.728. The van der Waals surface area contributed by atoms with Crippen molar-refractivity contribution in [1.29, 1.82) is 0 Å². The van der Waals surface area contributed by atoms with Crippen molar-refractivity contribution in [2.75, 3.05) is 6.61 Å². The maximum absolute atomic E-state index is 10.4. The summed E-state index contributed by atoms with van der Waals surface area (Å²) < 4.78 is 0. The number of hydrogen-bond donors (Lipinski definition) is 5. The van der Waals surface area contributed by atoms with E-state index in [2.05, 4.69) is 6.92 Å². The minimum absolute atomic E-state index is 0.250. The Kier molecular flexibility index (Phi) is 37.8. The molecule has 0 aliphatic heterocycles. The first-order valence-corrected chi connectivity index (χ1v) is 18.3. The summed E-state index contributed by atoms with van der Waals surface area (Å²) in [6.07, 6.45) is 31.1. The smallest absolute Gasteiger partial charge is 0.303 e. The van der Waals surface area contributed by atoms with Crippen molar-refractivity contribution in [1.82, 2.24) is 0 Å². The van der Waals surface area contributed by atoms with Gasteiger partial charge in [-0.1, -0.05) is 155 Å². The second-order valence-corrected chi connectivity index (χ2v) is 12.6. The van der Waals surface area contributed by atoms with Crippen LogP contribution in [0.2, 0.25) is 0 Å². The molecule has 7 heteroatoms. The van der Waals surface area contributed by atoms with Crippen LogP contribution in [-0.2, 0) is 9.59 Å². The van der Waals surface area contributed by atoms with Crippen molar-refractivity contribution in [2.45, 2.75) is 212 Å². The van der Waals surface area contributed by atoms with E-state index in [0.717, 1.165) is 64.2 Å². The molecule has 0 fully saturated rings. The van der Waals surface area contributed by atoms with Gasteiger partial charge in [0.15, 0.2) is 0 Å². The molecular formula is C36H72O7. The van der Waals surface area contributed by atoms with E-state index in [-0.39, 0.29) is 6.42 Å². The fourth-order valence-electron chi connectivity index (χ4n) is 5.36. The Balaban J connectivity index is 0. The van der Waals surface area contributed by atoms with Crippen LogP contribution < -0.4 is 0 Å². The van der Waals surface area contributed by atoms with Gasteiger partial charge in [-0.3, -0.25) is 9.59 Å². The van der Waals surface area contributed by atoms with Gasteiger partial charge in [0.25, 0.3) is 0 Å². The first kappa shape index (κ1) is 43.9. The number of carbonyl (C=O) groups is 2. The van der Waals surface area contributed by atoms with E-state index in [4.69, 9.17) is 15.3 Å². The van der Waals surface area contributed by atoms with Crippen LogP contribution in [0.5, 0.6) is 0 Å². The van der Waals surface area contributed by atoms with Crippen LogP contribution in [0, 0.1) is 0 Å². The van der Waals surface area contributed by atoms with Crippen LogP contribution in [0.25, 0.3) is 0 Å². The molecule has 43 heavy (non-hydrogen) atoms. The van der Waals surface area contributed by atoms with Crippen molar-refractivity contribution in [3.8, 4) is 0 Å². The minimum Gasteiger partial charge on any atom is -0.481 e. The third kappa shape index (κ3) is 40.8. The highest BCUT2D eigenvalue weighted by Crippen LogP contribution is 2.16. The van der Waals surface area contributed by atoms with Gasteiger partial charge in [-0.15, -0.1) is 0 Å². The molecule has 0 bridgehead atoms. The Hall–Kier alpha value is -1.18. The van der Waals surface area contributed by atoms with Gasteiger partial charge in [0.05, 0.1) is 12.2 Å². The summed E-state index contributed by atoms with van der Waals surface area (Å²) in [4.78, 5) is 20.7. The summed E-state index contributed by atoms with van der Waals surface area (Å²) in [6.45, 7) is 2.55. The van der Waals surface area contributed by atoms with E-state index < -0.39 is 24.1 Å². The van der Waals surface area contributed by atoms with Gasteiger partial charge in [-0.05, 0) is 32.1 Å². The molecule has 0 radical (unpaired) electrons. The van der Waals surface area contributed by atoms with E-state index in [1.807, 2.05) is 0 Å². The topological polar surface area (TPSA) is 135 Å². The molecule has 0 saturated heterocycles. The van der Waals surface area contributed by atoms with Gasteiger partial charge in [-0.2, -0.15) is 0 Å². The molecule has 0 aliphatic carbocycles. The molecule has 2 atom stereocenters. The Bertz CT molecular complexity index is 570. The molecule has 0 spiro atoms. The molecule has 0 saturated carbocycles. The molecule has 0 rings (SSSR count). The van der Waals surface area contributed by atoms with Crippen molar-refractivity contribution in [3.05, 3.63) is 0 Å². The summed E-state index contributed by atoms with van der Waals surface area (Å²) in [5.74, 6) is -1.39. The Morgan fingerprint density at radius 3 is 0.953 bits per heavy atom. The highest BCUT2D eigenvalue weighted by Gasteiger charge is 2.15. The van der Waals surface area contributed by atoms with Crippen molar-refractivity contribution in [2.24, 2.45) is 0 Å². The predicted molar refractivity (Wildman–Crippen MR) is 179 cm³/mol. The lowest BCUT2D eigenvalue weighted by molar-refractivity contribution is -0.138. The zero-order chi connectivity index (χ0) is 32.2. The number of aliphatic hydroxyl groups excluding tert-OH is 3. The molecule has 0 aromatic heterocycles. The van der Waals surface area contributed by atoms with Crippen molar-refractivity contribution >= 4 is 11.9 Å². The second kappa shape index (κ2) is 37.0. The average molecular weight is 617 g/mol. The lowest BCUT2D eigenvalue weighted by Crippen LogP contribution is -2.25. The molecule has 0 aromatic carbocycles. The molecular weight excluding hydrogens is 544 g/mol. The molecule has 0 heterocycles. The number of carboxylic acids is 2. The number of unbranched alkanes of at least 4 members (excludes halogenated alkanes) is 23. The third-order valence-corrected chi connectivity index (χ3v) is 8.24. The molecule has 0 aromatic rings. The zero-order valence-corrected chi connectivity index (χ0v) is 28.1. The van der Waals surface area contributed by atoms with Crippen LogP contribution in [0.4, 0.5) is 0 Å². The van der Waals surface area contributed by atoms with E-state index in [1.165, 1.54) is 103 Å². The van der Waals surface area contributed by atoms with E-state index >= 15 is 0 Å². The fourth-order valence-corrected chi connectivity index (χ4v) is 5.36. The van der Waals surface area contributed by atoms with Crippen LogP contribution in [0.15, 0.2) is 0 Å². The molecule has 258 valence electrons. The predicted octanol–water partition coefficient (Wildman–Crippen LogP) is 9.58. The monoisotopic (exact) mass is 617 g/mol. The first-order valence-electron chi connectivity index (χ1n) is 18.3. The molecule has 5 N–H and O–H groups in total. The second-order valence-electron chi connectivity index (χ2n) is 12.6. The van der Waals surface area contributed by atoms with Crippen molar-refractivity contribution < 1.29 is 35.1 Å². The van der Waals surface area contributed by atoms with Gasteiger partial charge >= 0.3 is 11.9 Å². The quantitative estimate of drug-likeness (QED) is 0.0463. The summed E-state index contributed by atoms with van der Waals surface area (Å²) in [5.41, 5.74) is 0. The maximum atomic E-state index is 10.4. The number of hydrogen-bond acceptors (Lipinski definition) is 5.